The molecule has 6 heteroatoms. The molecule has 0 saturated heterocycles. The first kappa shape index (κ1) is 18.9. The van der Waals surface area contributed by atoms with E-state index < -0.39 is 17.7 Å². The minimum Gasteiger partial charge on any atom is -0.444 e. The third-order valence-electron chi connectivity index (χ3n) is 3.00. The van der Waals surface area contributed by atoms with Gasteiger partial charge in [0.1, 0.15) is 17.5 Å². The molecule has 1 rings (SSSR count). The van der Waals surface area contributed by atoms with E-state index in [0.717, 1.165) is 5.56 Å². The van der Waals surface area contributed by atoms with Crippen molar-refractivity contribution < 1.29 is 18.7 Å². The topological polar surface area (TPSA) is 67.4 Å². The molecule has 0 aromatic heterocycles. The summed E-state index contributed by atoms with van der Waals surface area (Å²) in [6.45, 7) is 9.19. The molecule has 0 aliphatic carbocycles. The summed E-state index contributed by atoms with van der Waals surface area (Å²) in [5, 5.41) is 5.32. The van der Waals surface area contributed by atoms with Crippen LogP contribution < -0.4 is 10.6 Å². The number of rotatable bonds is 5. The Morgan fingerprint density at radius 1 is 1.17 bits per heavy atom. The van der Waals surface area contributed by atoms with Crippen molar-refractivity contribution in [2.75, 3.05) is 0 Å². The number of alkyl carbamates (subject to hydrolysis) is 1. The van der Waals surface area contributed by atoms with Crippen molar-refractivity contribution in [2.45, 2.75) is 52.8 Å². The Morgan fingerprint density at radius 2 is 1.74 bits per heavy atom. The van der Waals surface area contributed by atoms with E-state index in [2.05, 4.69) is 10.6 Å². The van der Waals surface area contributed by atoms with Crippen LogP contribution in [0.1, 0.15) is 40.2 Å². The fourth-order valence-electron chi connectivity index (χ4n) is 1.87. The second-order valence-corrected chi connectivity index (χ2v) is 6.71. The van der Waals surface area contributed by atoms with Crippen molar-refractivity contribution in [2.24, 2.45) is 5.92 Å². The van der Waals surface area contributed by atoms with Crippen LogP contribution in [0.5, 0.6) is 0 Å². The quantitative estimate of drug-likeness (QED) is 0.875. The molecule has 1 atom stereocenters. The lowest BCUT2D eigenvalue weighted by Gasteiger charge is -2.25. The van der Waals surface area contributed by atoms with Gasteiger partial charge in [-0.3, -0.25) is 4.79 Å². The highest BCUT2D eigenvalue weighted by Gasteiger charge is 2.26. The first-order valence-electron chi connectivity index (χ1n) is 7.60. The van der Waals surface area contributed by atoms with Crippen molar-refractivity contribution in [3.8, 4) is 0 Å². The predicted octanol–water partition coefficient (Wildman–Crippen LogP) is 2.99. The minimum atomic E-state index is -0.703. The maximum absolute atomic E-state index is 12.8. The van der Waals surface area contributed by atoms with Crippen LogP contribution in [0.3, 0.4) is 0 Å². The maximum Gasteiger partial charge on any atom is 0.408 e. The number of ether oxygens (including phenoxy) is 1. The number of benzene rings is 1. The van der Waals surface area contributed by atoms with E-state index in [-0.39, 0.29) is 24.2 Å². The summed E-state index contributed by atoms with van der Waals surface area (Å²) in [4.78, 5) is 24.1. The van der Waals surface area contributed by atoms with Gasteiger partial charge in [0.2, 0.25) is 5.91 Å². The average Bonchev–Trinajstić information content (AvgIpc) is 2.41. The summed E-state index contributed by atoms with van der Waals surface area (Å²) in [6.07, 6.45) is -0.631. The molecule has 0 aliphatic heterocycles. The molecule has 5 nitrogen and oxygen atoms in total. The van der Waals surface area contributed by atoms with E-state index >= 15 is 0 Å². The molecule has 0 spiro atoms. The molecular weight excluding hydrogens is 299 g/mol. The van der Waals surface area contributed by atoms with Crippen LogP contribution in [0, 0.1) is 11.7 Å². The summed E-state index contributed by atoms with van der Waals surface area (Å²) < 4.78 is 18.0. The second-order valence-electron chi connectivity index (χ2n) is 6.71. The molecule has 0 fully saturated rings. The van der Waals surface area contributed by atoms with Gasteiger partial charge in [0.05, 0.1) is 0 Å². The molecule has 128 valence electrons. The Hall–Kier alpha value is -2.11. The van der Waals surface area contributed by atoms with E-state index in [1.54, 1.807) is 32.9 Å². The molecule has 0 aliphatic rings. The zero-order valence-corrected chi connectivity index (χ0v) is 14.3. The van der Waals surface area contributed by atoms with Crippen LogP contribution >= 0.6 is 0 Å². The number of carbonyl (C=O) groups excluding carboxylic acids is 2. The van der Waals surface area contributed by atoms with Crippen molar-refractivity contribution in [1.29, 1.82) is 0 Å². The summed E-state index contributed by atoms with van der Waals surface area (Å²) in [5.74, 6) is -0.738. The van der Waals surface area contributed by atoms with Crippen molar-refractivity contribution in [1.82, 2.24) is 10.6 Å². The van der Waals surface area contributed by atoms with Crippen LogP contribution in [0.4, 0.5) is 9.18 Å². The zero-order valence-electron chi connectivity index (χ0n) is 14.3. The summed E-state index contributed by atoms with van der Waals surface area (Å²) in [7, 11) is 0. The molecule has 1 aromatic rings. The van der Waals surface area contributed by atoms with Crippen LogP contribution in [0.25, 0.3) is 0 Å². The first-order valence-corrected chi connectivity index (χ1v) is 7.60. The lowest BCUT2D eigenvalue weighted by atomic mass is 10.0. The van der Waals surface area contributed by atoms with Crippen molar-refractivity contribution in [3.05, 3.63) is 35.6 Å². The summed E-state index contributed by atoms with van der Waals surface area (Å²) in [6, 6.07) is 5.16. The van der Waals surface area contributed by atoms with Crippen LogP contribution in [-0.4, -0.2) is 23.6 Å². The molecule has 23 heavy (non-hydrogen) atoms. The molecule has 0 heterocycles. The van der Waals surface area contributed by atoms with Gasteiger partial charge in [0.15, 0.2) is 0 Å². The molecule has 0 saturated carbocycles. The highest BCUT2D eigenvalue weighted by molar-refractivity contribution is 5.85. The van der Waals surface area contributed by atoms with Crippen LogP contribution in [0.15, 0.2) is 24.3 Å². The minimum absolute atomic E-state index is 0.101. The third-order valence-corrected chi connectivity index (χ3v) is 3.00. The van der Waals surface area contributed by atoms with Gasteiger partial charge in [-0.15, -0.1) is 0 Å². The Bertz CT molecular complexity index is 536. The summed E-state index contributed by atoms with van der Waals surface area (Å²) >= 11 is 0. The highest BCUT2D eigenvalue weighted by atomic mass is 19.1. The molecule has 0 radical (unpaired) electrons. The average molecular weight is 324 g/mol. The smallest absolute Gasteiger partial charge is 0.408 e. The number of halogens is 1. The fraction of sp³-hybridized carbons (Fsp3) is 0.529. The molecule has 2 amide bonds. The van der Waals surface area contributed by atoms with Gasteiger partial charge < -0.3 is 15.4 Å². The normalized spacial score (nSPS) is 12.7. The lowest BCUT2D eigenvalue weighted by molar-refractivity contribution is -0.124. The standard InChI is InChI=1S/C17H25FN2O3/c1-11(2)14(20-16(22)23-17(3,4)5)15(21)19-10-12-6-8-13(18)9-7-12/h6-9,11,14H,10H2,1-5H3,(H,19,21)(H,20,22). The molecule has 1 aromatic carbocycles. The number of hydrogen-bond acceptors (Lipinski definition) is 3. The van der Waals surface area contributed by atoms with Gasteiger partial charge in [0.25, 0.3) is 0 Å². The summed E-state index contributed by atoms with van der Waals surface area (Å²) in [5.41, 5.74) is 0.149. The van der Waals surface area contributed by atoms with E-state index in [4.69, 9.17) is 4.74 Å². The molecular formula is C17H25FN2O3. The number of nitrogens with one attached hydrogen (secondary N) is 2. The zero-order chi connectivity index (χ0) is 17.6. The van der Waals surface area contributed by atoms with E-state index in [1.807, 2.05) is 13.8 Å². The number of amides is 2. The Morgan fingerprint density at radius 3 is 2.22 bits per heavy atom. The van der Waals surface area contributed by atoms with Gasteiger partial charge in [-0.05, 0) is 44.4 Å². The highest BCUT2D eigenvalue weighted by Crippen LogP contribution is 2.09. The predicted molar refractivity (Wildman–Crippen MR) is 86.2 cm³/mol. The monoisotopic (exact) mass is 324 g/mol. The number of hydrogen-bond donors (Lipinski definition) is 2. The Kier molecular flexibility index (Phi) is 6.54. The second kappa shape index (κ2) is 7.94. The van der Waals surface area contributed by atoms with Crippen molar-refractivity contribution >= 4 is 12.0 Å². The van der Waals surface area contributed by atoms with Gasteiger partial charge in [-0.1, -0.05) is 26.0 Å². The van der Waals surface area contributed by atoms with E-state index in [1.165, 1.54) is 12.1 Å². The molecule has 1 unspecified atom stereocenters. The van der Waals surface area contributed by atoms with E-state index in [9.17, 15) is 14.0 Å². The number of carbonyl (C=O) groups is 2. The van der Waals surface area contributed by atoms with Crippen molar-refractivity contribution in [3.63, 3.8) is 0 Å². The third kappa shape index (κ3) is 7.13. The molecule has 0 bridgehead atoms. The van der Waals surface area contributed by atoms with E-state index in [0.29, 0.717) is 0 Å². The maximum atomic E-state index is 12.8. The first-order chi connectivity index (χ1) is 10.6. The molecule has 2 N–H and O–H groups in total. The van der Waals surface area contributed by atoms with Gasteiger partial charge in [0, 0.05) is 6.54 Å². The lowest BCUT2D eigenvalue weighted by Crippen LogP contribution is -2.50. The van der Waals surface area contributed by atoms with Crippen LogP contribution in [-0.2, 0) is 16.1 Å². The SMILES string of the molecule is CC(C)C(NC(=O)OC(C)(C)C)C(=O)NCc1ccc(F)cc1. The van der Waals surface area contributed by atoms with Gasteiger partial charge in [-0.2, -0.15) is 0 Å². The van der Waals surface area contributed by atoms with Gasteiger partial charge in [-0.25, -0.2) is 9.18 Å². The Labute approximate surface area is 136 Å². The van der Waals surface area contributed by atoms with Gasteiger partial charge >= 0.3 is 6.09 Å². The largest absolute Gasteiger partial charge is 0.444 e. The van der Waals surface area contributed by atoms with Crippen LogP contribution in [0.2, 0.25) is 0 Å². The Balaban J connectivity index is 2.60. The fourth-order valence-corrected chi connectivity index (χ4v) is 1.87.